The Balaban J connectivity index is 2.54. The molecule has 18 heavy (non-hydrogen) atoms. The van der Waals surface area contributed by atoms with E-state index in [1.165, 1.54) is 0 Å². The molecule has 0 aromatic carbocycles. The minimum Gasteiger partial charge on any atom is -0.444 e. The van der Waals surface area contributed by atoms with Crippen LogP contribution in [0.5, 0.6) is 0 Å². The van der Waals surface area contributed by atoms with Gasteiger partial charge in [0.2, 0.25) is 0 Å². The van der Waals surface area contributed by atoms with Crippen molar-refractivity contribution in [2.24, 2.45) is 5.41 Å². The smallest absolute Gasteiger partial charge is 0.407 e. The molecule has 0 aromatic rings. The number of ketones is 1. The van der Waals surface area contributed by atoms with Crippen molar-refractivity contribution in [1.29, 1.82) is 0 Å². The molecular formula is C14H25NO3. The first-order valence-electron chi connectivity index (χ1n) is 6.79. The van der Waals surface area contributed by atoms with E-state index in [-0.39, 0.29) is 11.2 Å². The number of Topliss-reactive ketones (excluding diaryl/α,β-unsaturated/α-hetero) is 1. The summed E-state index contributed by atoms with van der Waals surface area (Å²) in [6, 6.07) is 0. The van der Waals surface area contributed by atoms with Crippen LogP contribution in [-0.2, 0) is 9.53 Å². The highest BCUT2D eigenvalue weighted by Crippen LogP contribution is 2.39. The highest BCUT2D eigenvalue weighted by Gasteiger charge is 2.40. The lowest BCUT2D eigenvalue weighted by Gasteiger charge is -2.28. The second-order valence-electron chi connectivity index (χ2n) is 6.12. The fraction of sp³-hybridized carbons (Fsp3) is 0.857. The predicted molar refractivity (Wildman–Crippen MR) is 70.4 cm³/mol. The summed E-state index contributed by atoms with van der Waals surface area (Å²) in [5.41, 5.74) is -0.840. The molecule has 4 heteroatoms. The zero-order valence-electron chi connectivity index (χ0n) is 12.0. The first-order chi connectivity index (χ1) is 8.29. The molecule has 4 nitrogen and oxygen atoms in total. The van der Waals surface area contributed by atoms with Gasteiger partial charge in [-0.05, 0) is 33.6 Å². The minimum atomic E-state index is -0.498. The Morgan fingerprint density at radius 1 is 1.22 bits per heavy atom. The highest BCUT2D eigenvalue weighted by atomic mass is 16.6. The quantitative estimate of drug-likeness (QED) is 0.840. The Morgan fingerprint density at radius 2 is 1.78 bits per heavy atom. The van der Waals surface area contributed by atoms with Gasteiger partial charge in [0.1, 0.15) is 11.4 Å². The van der Waals surface area contributed by atoms with Crippen LogP contribution in [0.4, 0.5) is 4.79 Å². The van der Waals surface area contributed by atoms with E-state index in [0.717, 1.165) is 25.7 Å². The lowest BCUT2D eigenvalue weighted by molar-refractivity contribution is -0.128. The predicted octanol–water partition coefficient (Wildman–Crippen LogP) is 3.05. The van der Waals surface area contributed by atoms with E-state index in [4.69, 9.17) is 4.74 Å². The number of rotatable bonds is 4. The molecule has 0 spiro atoms. The van der Waals surface area contributed by atoms with Gasteiger partial charge < -0.3 is 10.1 Å². The number of amides is 1. The van der Waals surface area contributed by atoms with Crippen LogP contribution in [-0.4, -0.2) is 24.0 Å². The number of alkyl carbamates (subject to hydrolysis) is 1. The molecule has 1 fully saturated rings. The molecule has 0 saturated heterocycles. The zero-order chi connectivity index (χ0) is 13.8. The van der Waals surface area contributed by atoms with E-state index in [1.807, 2.05) is 27.7 Å². The van der Waals surface area contributed by atoms with E-state index < -0.39 is 11.7 Å². The minimum absolute atomic E-state index is 0.260. The Morgan fingerprint density at radius 3 is 2.22 bits per heavy atom. The van der Waals surface area contributed by atoms with Gasteiger partial charge in [-0.25, -0.2) is 4.79 Å². The second-order valence-corrected chi connectivity index (χ2v) is 6.12. The molecule has 1 amide bonds. The molecule has 1 saturated carbocycles. The third-order valence-electron chi connectivity index (χ3n) is 3.44. The Hall–Kier alpha value is -1.06. The summed E-state index contributed by atoms with van der Waals surface area (Å²) < 4.78 is 5.19. The lowest BCUT2D eigenvalue weighted by Crippen LogP contribution is -2.43. The lowest BCUT2D eigenvalue weighted by atomic mass is 9.80. The Labute approximate surface area is 109 Å². The standard InChI is InChI=1S/C14H25NO3/c1-5-11(16)14(8-6-7-9-14)10-15-12(17)18-13(2,3)4/h5-10H2,1-4H3,(H,15,17). The van der Waals surface area contributed by atoms with Gasteiger partial charge in [0, 0.05) is 18.4 Å². The molecule has 1 N–H and O–H groups in total. The number of hydrogen-bond acceptors (Lipinski definition) is 3. The van der Waals surface area contributed by atoms with Crippen molar-refractivity contribution in [1.82, 2.24) is 5.32 Å². The summed E-state index contributed by atoms with van der Waals surface area (Å²) in [7, 11) is 0. The molecule has 0 heterocycles. The molecule has 0 aromatic heterocycles. The monoisotopic (exact) mass is 255 g/mol. The molecule has 0 aliphatic heterocycles. The second kappa shape index (κ2) is 5.72. The van der Waals surface area contributed by atoms with E-state index in [1.54, 1.807) is 0 Å². The van der Waals surface area contributed by atoms with E-state index >= 15 is 0 Å². The fourth-order valence-corrected chi connectivity index (χ4v) is 2.54. The molecule has 1 aliphatic rings. The Kier molecular flexibility index (Phi) is 4.77. The van der Waals surface area contributed by atoms with Crippen LogP contribution >= 0.6 is 0 Å². The molecule has 1 rings (SSSR count). The molecule has 0 radical (unpaired) electrons. The molecule has 104 valence electrons. The van der Waals surface area contributed by atoms with Crippen LogP contribution in [0.25, 0.3) is 0 Å². The fourth-order valence-electron chi connectivity index (χ4n) is 2.54. The first-order valence-corrected chi connectivity index (χ1v) is 6.79. The largest absolute Gasteiger partial charge is 0.444 e. The summed E-state index contributed by atoms with van der Waals surface area (Å²) in [5.74, 6) is 0.260. The summed E-state index contributed by atoms with van der Waals surface area (Å²) in [6.07, 6.45) is 4.02. The van der Waals surface area contributed by atoms with Crippen LogP contribution in [0, 0.1) is 5.41 Å². The summed E-state index contributed by atoms with van der Waals surface area (Å²) >= 11 is 0. The van der Waals surface area contributed by atoms with Crippen LogP contribution in [0.15, 0.2) is 0 Å². The molecule has 0 atom stereocenters. The van der Waals surface area contributed by atoms with E-state index in [0.29, 0.717) is 13.0 Å². The van der Waals surface area contributed by atoms with Crippen LogP contribution in [0.3, 0.4) is 0 Å². The van der Waals surface area contributed by atoms with E-state index in [9.17, 15) is 9.59 Å². The van der Waals surface area contributed by atoms with Crippen molar-refractivity contribution < 1.29 is 14.3 Å². The van der Waals surface area contributed by atoms with Crippen LogP contribution in [0.2, 0.25) is 0 Å². The third-order valence-corrected chi connectivity index (χ3v) is 3.44. The van der Waals surface area contributed by atoms with Crippen molar-refractivity contribution >= 4 is 11.9 Å². The molecule has 1 aliphatic carbocycles. The molecule has 0 unspecified atom stereocenters. The van der Waals surface area contributed by atoms with Crippen molar-refractivity contribution in [3.8, 4) is 0 Å². The average molecular weight is 255 g/mol. The van der Waals surface area contributed by atoms with E-state index in [2.05, 4.69) is 5.32 Å². The number of carbonyl (C=O) groups is 2. The average Bonchev–Trinajstić information content (AvgIpc) is 2.73. The number of ether oxygens (including phenoxy) is 1. The summed E-state index contributed by atoms with van der Waals surface area (Å²) in [5, 5.41) is 2.76. The Bertz CT molecular complexity index is 311. The summed E-state index contributed by atoms with van der Waals surface area (Å²) in [6.45, 7) is 7.78. The highest BCUT2D eigenvalue weighted by molar-refractivity contribution is 5.85. The van der Waals surface area contributed by atoms with Crippen LogP contribution in [0.1, 0.15) is 59.8 Å². The number of carbonyl (C=O) groups excluding carboxylic acids is 2. The topological polar surface area (TPSA) is 55.4 Å². The van der Waals surface area contributed by atoms with Crippen molar-refractivity contribution in [3.05, 3.63) is 0 Å². The van der Waals surface area contributed by atoms with Gasteiger partial charge in [-0.1, -0.05) is 19.8 Å². The zero-order valence-corrected chi connectivity index (χ0v) is 12.0. The normalized spacial score (nSPS) is 18.4. The van der Waals surface area contributed by atoms with Gasteiger partial charge in [-0.3, -0.25) is 4.79 Å². The molecular weight excluding hydrogens is 230 g/mol. The van der Waals surface area contributed by atoms with Crippen molar-refractivity contribution in [2.75, 3.05) is 6.54 Å². The van der Waals surface area contributed by atoms with Gasteiger partial charge in [-0.15, -0.1) is 0 Å². The van der Waals surface area contributed by atoms with Crippen molar-refractivity contribution in [2.45, 2.75) is 65.4 Å². The maximum Gasteiger partial charge on any atom is 0.407 e. The van der Waals surface area contributed by atoms with Gasteiger partial charge in [0.05, 0.1) is 0 Å². The number of hydrogen-bond donors (Lipinski definition) is 1. The van der Waals surface area contributed by atoms with Crippen molar-refractivity contribution in [3.63, 3.8) is 0 Å². The number of nitrogens with one attached hydrogen (secondary N) is 1. The van der Waals surface area contributed by atoms with Gasteiger partial charge in [0.15, 0.2) is 0 Å². The SMILES string of the molecule is CCC(=O)C1(CNC(=O)OC(C)(C)C)CCCC1. The summed E-state index contributed by atoms with van der Waals surface area (Å²) in [4.78, 5) is 23.7. The van der Waals surface area contributed by atoms with Gasteiger partial charge in [0.25, 0.3) is 0 Å². The third kappa shape index (κ3) is 4.00. The first kappa shape index (κ1) is 15.0. The van der Waals surface area contributed by atoms with Gasteiger partial charge in [-0.2, -0.15) is 0 Å². The molecule has 0 bridgehead atoms. The van der Waals surface area contributed by atoms with Crippen LogP contribution < -0.4 is 5.32 Å². The maximum absolute atomic E-state index is 12.0. The maximum atomic E-state index is 12.0. The van der Waals surface area contributed by atoms with Gasteiger partial charge >= 0.3 is 6.09 Å².